The molecule has 1 aromatic carbocycles. The number of hydrogen-bond donors (Lipinski definition) is 2. The standard InChI is InChI=1S/C14H14BrF3N2/c15-9-3-4-12-10(7-9)11(8-19-12)13(14(16,17)18)5-1-2-6-20-13/h3-4,7-8,19-20H,1-2,5-6H2. The largest absolute Gasteiger partial charge is 0.410 e. The Labute approximate surface area is 122 Å². The number of piperidine rings is 1. The van der Waals surface area contributed by atoms with Gasteiger partial charge in [-0.15, -0.1) is 0 Å². The minimum absolute atomic E-state index is 0.0793. The van der Waals surface area contributed by atoms with Gasteiger partial charge in [0.05, 0.1) is 0 Å². The van der Waals surface area contributed by atoms with Gasteiger partial charge in [0, 0.05) is 27.1 Å². The van der Waals surface area contributed by atoms with Gasteiger partial charge < -0.3 is 4.98 Å². The molecule has 1 saturated heterocycles. The van der Waals surface area contributed by atoms with Crippen LogP contribution in [0.3, 0.4) is 0 Å². The quantitative estimate of drug-likeness (QED) is 0.783. The van der Waals surface area contributed by atoms with Gasteiger partial charge in [0.25, 0.3) is 0 Å². The summed E-state index contributed by atoms with van der Waals surface area (Å²) in [6.07, 6.45) is -1.39. The van der Waals surface area contributed by atoms with Gasteiger partial charge in [-0.2, -0.15) is 13.2 Å². The normalized spacial score (nSPS) is 24.2. The summed E-state index contributed by atoms with van der Waals surface area (Å²) in [6.45, 7) is 0.389. The van der Waals surface area contributed by atoms with Crippen LogP contribution in [-0.4, -0.2) is 17.7 Å². The smallest absolute Gasteiger partial charge is 0.361 e. The molecule has 1 unspecified atom stereocenters. The van der Waals surface area contributed by atoms with Gasteiger partial charge >= 0.3 is 6.18 Å². The molecule has 20 heavy (non-hydrogen) atoms. The van der Waals surface area contributed by atoms with Crippen molar-refractivity contribution in [2.75, 3.05) is 6.54 Å². The van der Waals surface area contributed by atoms with Crippen LogP contribution in [0.2, 0.25) is 0 Å². The van der Waals surface area contributed by atoms with E-state index in [9.17, 15) is 13.2 Å². The van der Waals surface area contributed by atoms with Gasteiger partial charge in [0.2, 0.25) is 0 Å². The van der Waals surface area contributed by atoms with Crippen molar-refractivity contribution >= 4 is 26.8 Å². The maximum absolute atomic E-state index is 13.7. The minimum atomic E-state index is -4.31. The van der Waals surface area contributed by atoms with Crippen LogP contribution in [0.15, 0.2) is 28.9 Å². The molecular weight excluding hydrogens is 333 g/mol. The third kappa shape index (κ3) is 2.05. The lowest BCUT2D eigenvalue weighted by molar-refractivity contribution is -0.207. The van der Waals surface area contributed by atoms with E-state index < -0.39 is 11.7 Å². The van der Waals surface area contributed by atoms with E-state index in [1.807, 2.05) is 6.07 Å². The highest BCUT2D eigenvalue weighted by Crippen LogP contribution is 2.46. The number of H-pyrrole nitrogens is 1. The van der Waals surface area contributed by atoms with Crippen molar-refractivity contribution in [2.24, 2.45) is 0 Å². The van der Waals surface area contributed by atoms with E-state index >= 15 is 0 Å². The predicted molar refractivity (Wildman–Crippen MR) is 75.6 cm³/mol. The van der Waals surface area contributed by atoms with Crippen molar-refractivity contribution in [3.8, 4) is 0 Å². The first-order valence-corrected chi connectivity index (χ1v) is 7.32. The molecule has 0 amide bonds. The van der Waals surface area contributed by atoms with Gasteiger partial charge in [-0.05, 0) is 44.0 Å². The van der Waals surface area contributed by atoms with Crippen molar-refractivity contribution in [2.45, 2.75) is 31.0 Å². The third-order valence-electron chi connectivity index (χ3n) is 3.99. The number of nitrogens with one attached hydrogen (secondary N) is 2. The molecular formula is C14H14BrF3N2. The summed E-state index contributed by atoms with van der Waals surface area (Å²) < 4.78 is 41.9. The van der Waals surface area contributed by atoms with E-state index in [1.165, 1.54) is 6.20 Å². The molecule has 0 saturated carbocycles. The van der Waals surface area contributed by atoms with Crippen molar-refractivity contribution in [1.82, 2.24) is 10.3 Å². The second-order valence-electron chi connectivity index (χ2n) is 5.18. The van der Waals surface area contributed by atoms with Crippen molar-refractivity contribution in [3.05, 3.63) is 34.4 Å². The van der Waals surface area contributed by atoms with Gasteiger partial charge in [-0.1, -0.05) is 15.9 Å². The predicted octanol–water partition coefficient (Wildman–Crippen LogP) is 4.46. The van der Waals surface area contributed by atoms with Gasteiger partial charge in [0.15, 0.2) is 0 Å². The first kappa shape index (κ1) is 13.9. The van der Waals surface area contributed by atoms with Gasteiger partial charge in [0.1, 0.15) is 5.54 Å². The summed E-state index contributed by atoms with van der Waals surface area (Å²) in [5, 5.41) is 3.34. The molecule has 2 nitrogen and oxygen atoms in total. The zero-order valence-electron chi connectivity index (χ0n) is 10.6. The van der Waals surface area contributed by atoms with E-state index in [1.54, 1.807) is 12.1 Å². The number of aromatic amines is 1. The fourth-order valence-electron chi connectivity index (χ4n) is 2.98. The Hall–Kier alpha value is -1.01. The first-order valence-electron chi connectivity index (χ1n) is 6.53. The number of benzene rings is 1. The SMILES string of the molecule is FC(F)(F)C1(c2c[nH]c3ccc(Br)cc23)CCCCN1. The van der Waals surface area contributed by atoms with Crippen LogP contribution < -0.4 is 5.32 Å². The second kappa shape index (κ2) is 4.77. The fraction of sp³-hybridized carbons (Fsp3) is 0.429. The molecule has 1 aromatic heterocycles. The summed E-state index contributed by atoms with van der Waals surface area (Å²) in [5.41, 5.74) is -0.926. The maximum atomic E-state index is 13.7. The third-order valence-corrected chi connectivity index (χ3v) is 4.49. The average molecular weight is 347 g/mol. The molecule has 2 N–H and O–H groups in total. The molecule has 0 aliphatic carbocycles. The summed E-state index contributed by atoms with van der Waals surface area (Å²) >= 11 is 3.33. The molecule has 6 heteroatoms. The van der Waals surface area contributed by atoms with Crippen LogP contribution in [-0.2, 0) is 5.54 Å². The zero-order valence-corrected chi connectivity index (χ0v) is 12.2. The lowest BCUT2D eigenvalue weighted by Gasteiger charge is -2.39. The highest BCUT2D eigenvalue weighted by molar-refractivity contribution is 9.10. The van der Waals surface area contributed by atoms with Crippen molar-refractivity contribution in [3.63, 3.8) is 0 Å². The van der Waals surface area contributed by atoms with E-state index in [4.69, 9.17) is 0 Å². The zero-order chi connectivity index (χ0) is 14.4. The van der Waals surface area contributed by atoms with Crippen LogP contribution in [0.1, 0.15) is 24.8 Å². The Bertz CT molecular complexity index is 627. The lowest BCUT2D eigenvalue weighted by atomic mass is 9.81. The molecule has 1 atom stereocenters. The van der Waals surface area contributed by atoms with Crippen molar-refractivity contribution in [1.29, 1.82) is 0 Å². The summed E-state index contributed by atoms with van der Waals surface area (Å²) in [6, 6.07) is 5.35. The van der Waals surface area contributed by atoms with Crippen LogP contribution in [0.5, 0.6) is 0 Å². The highest BCUT2D eigenvalue weighted by atomic mass is 79.9. The molecule has 0 radical (unpaired) electrons. The Morgan fingerprint density at radius 3 is 2.65 bits per heavy atom. The number of alkyl halides is 3. The Morgan fingerprint density at radius 1 is 1.20 bits per heavy atom. The highest BCUT2D eigenvalue weighted by Gasteiger charge is 2.56. The van der Waals surface area contributed by atoms with E-state index in [2.05, 4.69) is 26.2 Å². The molecule has 108 valence electrons. The summed E-state index contributed by atoms with van der Waals surface area (Å²) in [4.78, 5) is 2.95. The molecule has 3 rings (SSSR count). The van der Waals surface area contributed by atoms with E-state index in [-0.39, 0.29) is 6.42 Å². The molecule has 0 spiro atoms. The average Bonchev–Trinajstić information content (AvgIpc) is 2.81. The van der Waals surface area contributed by atoms with Crippen LogP contribution in [0.4, 0.5) is 13.2 Å². The number of fused-ring (bicyclic) bond motifs is 1. The number of halogens is 4. The maximum Gasteiger partial charge on any atom is 0.410 e. The number of hydrogen-bond acceptors (Lipinski definition) is 1. The number of aromatic nitrogens is 1. The van der Waals surface area contributed by atoms with Crippen LogP contribution in [0.25, 0.3) is 10.9 Å². The first-order chi connectivity index (χ1) is 9.44. The summed E-state index contributed by atoms with van der Waals surface area (Å²) in [5.74, 6) is 0. The summed E-state index contributed by atoms with van der Waals surface area (Å²) in [7, 11) is 0. The molecule has 1 aliphatic rings. The Kier molecular flexibility index (Phi) is 3.33. The van der Waals surface area contributed by atoms with E-state index in [0.29, 0.717) is 23.9 Å². The van der Waals surface area contributed by atoms with Crippen LogP contribution >= 0.6 is 15.9 Å². The van der Waals surface area contributed by atoms with Gasteiger partial charge in [-0.25, -0.2) is 0 Å². The topological polar surface area (TPSA) is 27.8 Å². The minimum Gasteiger partial charge on any atom is -0.361 e. The number of rotatable bonds is 1. The second-order valence-corrected chi connectivity index (χ2v) is 6.09. The molecule has 1 aliphatic heterocycles. The molecule has 0 bridgehead atoms. The Balaban J connectivity index is 2.21. The molecule has 1 fully saturated rings. The monoisotopic (exact) mass is 346 g/mol. The van der Waals surface area contributed by atoms with Gasteiger partial charge in [-0.3, -0.25) is 5.32 Å². The molecule has 2 heterocycles. The van der Waals surface area contributed by atoms with E-state index in [0.717, 1.165) is 16.4 Å². The lowest BCUT2D eigenvalue weighted by Crippen LogP contribution is -2.56. The van der Waals surface area contributed by atoms with Crippen LogP contribution in [0, 0.1) is 0 Å². The fourth-order valence-corrected chi connectivity index (χ4v) is 3.34. The van der Waals surface area contributed by atoms with Crippen molar-refractivity contribution < 1.29 is 13.2 Å². The Morgan fingerprint density at radius 2 is 2.00 bits per heavy atom. The molecule has 2 aromatic rings.